The predicted octanol–water partition coefficient (Wildman–Crippen LogP) is 0.357. The highest BCUT2D eigenvalue weighted by Crippen LogP contribution is 2.38. The van der Waals surface area contributed by atoms with E-state index in [1.54, 1.807) is 13.3 Å². The highest BCUT2D eigenvalue weighted by Gasteiger charge is 2.55. The molecule has 0 spiro atoms. The first-order valence-corrected chi connectivity index (χ1v) is 8.61. The van der Waals surface area contributed by atoms with E-state index in [0.29, 0.717) is 5.69 Å². The molecule has 2 saturated heterocycles. The Hall–Kier alpha value is -1.79. The first-order chi connectivity index (χ1) is 12.9. The SMILES string of the molecule is CO[C@@H]1O[C@H](COCc2cn(CC(O)CN=[N+]=[N-])nn2)[C@H]2OC(C)(C)O[C@@H]12. The number of fused-ring (bicyclic) bond motifs is 1. The summed E-state index contributed by atoms with van der Waals surface area (Å²) in [5.41, 5.74) is 8.86. The molecule has 1 aromatic heterocycles. The van der Waals surface area contributed by atoms with Crippen LogP contribution in [0.15, 0.2) is 11.3 Å². The average Bonchev–Trinajstić information content (AvgIpc) is 3.27. The van der Waals surface area contributed by atoms with Gasteiger partial charge in [-0.2, -0.15) is 0 Å². The average molecular weight is 384 g/mol. The summed E-state index contributed by atoms with van der Waals surface area (Å²) in [6.45, 7) is 4.37. The molecule has 3 heterocycles. The zero-order valence-electron chi connectivity index (χ0n) is 15.5. The van der Waals surface area contributed by atoms with Gasteiger partial charge in [0, 0.05) is 12.0 Å². The second-order valence-electron chi connectivity index (χ2n) is 6.86. The minimum atomic E-state index is -0.825. The largest absolute Gasteiger partial charge is 0.391 e. The second kappa shape index (κ2) is 8.48. The van der Waals surface area contributed by atoms with E-state index >= 15 is 0 Å². The molecule has 0 bridgehead atoms. The minimum absolute atomic E-state index is 0.0249. The third-order valence-corrected chi connectivity index (χ3v) is 4.21. The predicted molar refractivity (Wildman–Crippen MR) is 89.2 cm³/mol. The summed E-state index contributed by atoms with van der Waals surface area (Å²) in [6, 6.07) is 0. The summed E-state index contributed by atoms with van der Waals surface area (Å²) in [4.78, 5) is 2.60. The fraction of sp³-hybridized carbons (Fsp3) is 0.867. The number of aromatic nitrogens is 3. The lowest BCUT2D eigenvalue weighted by molar-refractivity contribution is -0.232. The van der Waals surface area contributed by atoms with Crippen LogP contribution in [0.4, 0.5) is 0 Å². The molecule has 0 aromatic carbocycles. The van der Waals surface area contributed by atoms with Gasteiger partial charge < -0.3 is 28.8 Å². The summed E-state index contributed by atoms with van der Waals surface area (Å²) in [5, 5.41) is 20.9. The van der Waals surface area contributed by atoms with Crippen LogP contribution in [0.3, 0.4) is 0 Å². The Morgan fingerprint density at radius 2 is 2.22 bits per heavy atom. The lowest BCUT2D eigenvalue weighted by atomic mass is 10.1. The Balaban J connectivity index is 1.47. The van der Waals surface area contributed by atoms with Gasteiger partial charge in [-0.25, -0.2) is 4.68 Å². The summed E-state index contributed by atoms with van der Waals surface area (Å²) < 4.78 is 30.0. The Bertz CT molecular complexity index is 678. The van der Waals surface area contributed by atoms with Crippen molar-refractivity contribution >= 4 is 0 Å². The van der Waals surface area contributed by atoms with Crippen LogP contribution in [0, 0.1) is 0 Å². The number of aliphatic hydroxyl groups excluding tert-OH is 1. The topological polar surface area (TPSA) is 146 Å². The van der Waals surface area contributed by atoms with Crippen LogP contribution in [0.25, 0.3) is 10.4 Å². The highest BCUT2D eigenvalue weighted by atomic mass is 16.8. The van der Waals surface area contributed by atoms with E-state index < -0.39 is 18.2 Å². The van der Waals surface area contributed by atoms with Crippen molar-refractivity contribution in [1.29, 1.82) is 0 Å². The molecule has 0 aliphatic carbocycles. The van der Waals surface area contributed by atoms with Crippen molar-refractivity contribution in [1.82, 2.24) is 15.0 Å². The van der Waals surface area contributed by atoms with Crippen molar-refractivity contribution in [2.45, 2.75) is 63.5 Å². The molecule has 0 saturated carbocycles. The molecule has 12 nitrogen and oxygen atoms in total. The standard InChI is InChI=1S/C15H24N6O6/c1-15(2)26-12-11(25-14(23-3)13(12)27-15)8-24-7-9-5-21(20-18-9)6-10(22)4-17-19-16/h5,10-14,22H,4,6-8H2,1-3H3/t10?,11-,12-,13-,14-/m1/s1. The zero-order chi connectivity index (χ0) is 19.4. The molecule has 1 N–H and O–H groups in total. The first-order valence-electron chi connectivity index (χ1n) is 8.61. The van der Waals surface area contributed by atoms with Gasteiger partial charge in [-0.05, 0) is 19.4 Å². The van der Waals surface area contributed by atoms with Crippen molar-refractivity contribution in [3.63, 3.8) is 0 Å². The molecule has 0 radical (unpaired) electrons. The van der Waals surface area contributed by atoms with E-state index in [4.69, 9.17) is 29.2 Å². The molecule has 3 rings (SSSR count). The number of azide groups is 1. The Kier molecular flexibility index (Phi) is 6.27. The Morgan fingerprint density at radius 3 is 2.96 bits per heavy atom. The van der Waals surface area contributed by atoms with Crippen LogP contribution in [0.2, 0.25) is 0 Å². The summed E-state index contributed by atoms with van der Waals surface area (Å²) in [5.74, 6) is -0.687. The molecule has 2 aliphatic heterocycles. The van der Waals surface area contributed by atoms with Gasteiger partial charge in [0.15, 0.2) is 12.1 Å². The van der Waals surface area contributed by atoms with Crippen molar-refractivity contribution in [3.05, 3.63) is 22.3 Å². The van der Waals surface area contributed by atoms with Gasteiger partial charge in [0.05, 0.1) is 38.6 Å². The minimum Gasteiger partial charge on any atom is -0.391 e. The molecular formula is C15H24N6O6. The monoisotopic (exact) mass is 384 g/mol. The maximum Gasteiger partial charge on any atom is 0.186 e. The first kappa shape index (κ1) is 20.0. The normalized spacial score (nSPS) is 30.1. The van der Waals surface area contributed by atoms with Crippen LogP contribution in [-0.2, 0) is 36.8 Å². The second-order valence-corrected chi connectivity index (χ2v) is 6.86. The molecular weight excluding hydrogens is 360 g/mol. The molecule has 150 valence electrons. The molecule has 0 amide bonds. The fourth-order valence-electron chi connectivity index (χ4n) is 3.14. The van der Waals surface area contributed by atoms with Crippen LogP contribution in [0.1, 0.15) is 19.5 Å². The third-order valence-electron chi connectivity index (χ3n) is 4.21. The van der Waals surface area contributed by atoms with Crippen LogP contribution >= 0.6 is 0 Å². The number of nitrogens with zero attached hydrogens (tertiary/aromatic N) is 6. The highest BCUT2D eigenvalue weighted by molar-refractivity contribution is 4.95. The number of hydrogen-bond acceptors (Lipinski definition) is 9. The van der Waals surface area contributed by atoms with E-state index in [0.717, 1.165) is 0 Å². The Morgan fingerprint density at radius 1 is 1.44 bits per heavy atom. The lowest BCUT2D eigenvalue weighted by Crippen LogP contribution is -2.33. The molecule has 1 aromatic rings. The van der Waals surface area contributed by atoms with Gasteiger partial charge in [-0.15, -0.1) is 5.10 Å². The van der Waals surface area contributed by atoms with Crippen LogP contribution in [-0.4, -0.2) is 76.9 Å². The van der Waals surface area contributed by atoms with Gasteiger partial charge in [0.2, 0.25) is 0 Å². The number of ether oxygens (including phenoxy) is 5. The fourth-order valence-corrected chi connectivity index (χ4v) is 3.14. The van der Waals surface area contributed by atoms with Crippen molar-refractivity contribution in [2.24, 2.45) is 5.11 Å². The maximum absolute atomic E-state index is 9.70. The number of hydrogen-bond donors (Lipinski definition) is 1. The van der Waals surface area contributed by atoms with E-state index in [1.807, 2.05) is 13.8 Å². The number of rotatable bonds is 9. The molecule has 1 unspecified atom stereocenters. The molecule has 12 heteroatoms. The van der Waals surface area contributed by atoms with Gasteiger partial charge in [0.25, 0.3) is 0 Å². The van der Waals surface area contributed by atoms with E-state index in [1.165, 1.54) is 4.68 Å². The lowest BCUT2D eigenvalue weighted by Gasteiger charge is -2.23. The van der Waals surface area contributed by atoms with Crippen molar-refractivity contribution in [3.8, 4) is 0 Å². The van der Waals surface area contributed by atoms with Gasteiger partial charge >= 0.3 is 0 Å². The molecule has 27 heavy (non-hydrogen) atoms. The zero-order valence-corrected chi connectivity index (χ0v) is 15.5. The Labute approximate surface area is 155 Å². The van der Waals surface area contributed by atoms with Crippen LogP contribution < -0.4 is 0 Å². The van der Waals surface area contributed by atoms with Gasteiger partial charge in [0.1, 0.15) is 24.0 Å². The molecule has 2 aliphatic rings. The molecule has 5 atom stereocenters. The van der Waals surface area contributed by atoms with E-state index in [2.05, 4.69) is 20.3 Å². The molecule has 2 fully saturated rings. The quantitative estimate of drug-likeness (QED) is 0.365. The summed E-state index contributed by atoms with van der Waals surface area (Å²) >= 11 is 0. The summed E-state index contributed by atoms with van der Waals surface area (Å²) in [6.07, 6.45) is -0.540. The van der Waals surface area contributed by atoms with Gasteiger partial charge in [-0.3, -0.25) is 0 Å². The number of aliphatic hydroxyl groups is 1. The van der Waals surface area contributed by atoms with E-state index in [-0.39, 0.29) is 44.6 Å². The number of methoxy groups -OCH3 is 1. The summed E-state index contributed by atoms with van der Waals surface area (Å²) in [7, 11) is 1.56. The smallest absolute Gasteiger partial charge is 0.186 e. The van der Waals surface area contributed by atoms with Crippen molar-refractivity contribution < 1.29 is 28.8 Å². The van der Waals surface area contributed by atoms with Crippen molar-refractivity contribution in [2.75, 3.05) is 20.3 Å². The maximum atomic E-state index is 9.70. The van der Waals surface area contributed by atoms with Crippen LogP contribution in [0.5, 0.6) is 0 Å². The van der Waals surface area contributed by atoms with E-state index in [9.17, 15) is 5.11 Å². The third kappa shape index (κ3) is 4.93. The van der Waals surface area contributed by atoms with Gasteiger partial charge in [-0.1, -0.05) is 10.3 Å².